The molecule has 0 spiro atoms. The third kappa shape index (κ3) is 3.21. The molecule has 4 nitrogen and oxygen atoms in total. The minimum Gasteiger partial charge on any atom is -0.399 e. The maximum atomic E-state index is 12.6. The molecule has 0 radical (unpaired) electrons. The molecule has 2 heterocycles. The van der Waals surface area contributed by atoms with Gasteiger partial charge in [0.1, 0.15) is 0 Å². The Bertz CT molecular complexity index is 499. The first-order valence-electron chi connectivity index (χ1n) is 8.01. The fourth-order valence-electron chi connectivity index (χ4n) is 3.61. The zero-order valence-electron chi connectivity index (χ0n) is 12.8. The van der Waals surface area contributed by atoms with E-state index < -0.39 is 0 Å². The third-order valence-corrected chi connectivity index (χ3v) is 4.84. The quantitative estimate of drug-likeness (QED) is 0.845. The molecule has 2 unspecified atom stereocenters. The van der Waals surface area contributed by atoms with Crippen LogP contribution in [0.25, 0.3) is 0 Å². The Balaban J connectivity index is 1.64. The maximum Gasteiger partial charge on any atom is 0.227 e. The highest BCUT2D eigenvalue weighted by atomic mass is 16.2. The summed E-state index contributed by atoms with van der Waals surface area (Å²) in [5, 5.41) is 0. The molecule has 0 saturated carbocycles. The summed E-state index contributed by atoms with van der Waals surface area (Å²) in [6.07, 6.45) is 4.33. The summed E-state index contributed by atoms with van der Waals surface area (Å²) in [5.74, 6) is 0.248. The van der Waals surface area contributed by atoms with Crippen molar-refractivity contribution in [3.63, 3.8) is 0 Å². The van der Waals surface area contributed by atoms with Crippen LogP contribution in [0.3, 0.4) is 0 Å². The Morgan fingerprint density at radius 1 is 1.24 bits per heavy atom. The average Bonchev–Trinajstić information content (AvgIpc) is 2.49. The van der Waals surface area contributed by atoms with E-state index in [2.05, 4.69) is 16.7 Å². The van der Waals surface area contributed by atoms with Crippen molar-refractivity contribution in [2.24, 2.45) is 0 Å². The molecule has 2 atom stereocenters. The second-order valence-corrected chi connectivity index (χ2v) is 6.46. The first-order chi connectivity index (χ1) is 10.1. The van der Waals surface area contributed by atoms with E-state index in [0.29, 0.717) is 18.5 Å². The largest absolute Gasteiger partial charge is 0.399 e. The van der Waals surface area contributed by atoms with E-state index in [9.17, 15) is 4.79 Å². The van der Waals surface area contributed by atoms with E-state index >= 15 is 0 Å². The highest BCUT2D eigenvalue weighted by Gasteiger charge is 2.34. The molecule has 0 aromatic heterocycles. The predicted molar refractivity (Wildman–Crippen MR) is 84.9 cm³/mol. The lowest BCUT2D eigenvalue weighted by Crippen LogP contribution is -2.60. The van der Waals surface area contributed by atoms with Crippen LogP contribution in [0.15, 0.2) is 24.3 Å². The summed E-state index contributed by atoms with van der Waals surface area (Å²) in [6, 6.07) is 8.53. The normalized spacial score (nSPS) is 26.4. The molecule has 2 aliphatic rings. The molecule has 0 aliphatic carbocycles. The molecule has 0 bridgehead atoms. The first kappa shape index (κ1) is 14.4. The van der Waals surface area contributed by atoms with Crippen LogP contribution in [-0.4, -0.2) is 47.4 Å². The minimum absolute atomic E-state index is 0.248. The number of piperidine rings is 1. The highest BCUT2D eigenvalue weighted by Crippen LogP contribution is 2.24. The highest BCUT2D eigenvalue weighted by molar-refractivity contribution is 5.79. The number of rotatable bonds is 2. The lowest BCUT2D eigenvalue weighted by Gasteiger charge is -2.47. The Hall–Kier alpha value is -1.55. The zero-order chi connectivity index (χ0) is 14.8. The average molecular weight is 287 g/mol. The van der Waals surface area contributed by atoms with Gasteiger partial charge >= 0.3 is 0 Å². The van der Waals surface area contributed by atoms with Crippen LogP contribution in [0, 0.1) is 0 Å². The van der Waals surface area contributed by atoms with Crippen LogP contribution in [0.1, 0.15) is 31.7 Å². The molecule has 1 aromatic carbocycles. The Labute approximate surface area is 126 Å². The number of nitrogen functional groups attached to an aromatic ring is 1. The number of hydrogen-bond acceptors (Lipinski definition) is 3. The third-order valence-electron chi connectivity index (χ3n) is 4.84. The number of amides is 1. The van der Waals surface area contributed by atoms with Gasteiger partial charge in [0.05, 0.1) is 6.42 Å². The molecule has 2 N–H and O–H groups in total. The number of nitrogens with two attached hydrogens (primary N) is 1. The van der Waals surface area contributed by atoms with Crippen LogP contribution in [0.5, 0.6) is 0 Å². The van der Waals surface area contributed by atoms with E-state index in [1.807, 2.05) is 24.3 Å². The fraction of sp³-hybridized carbons (Fsp3) is 0.588. The van der Waals surface area contributed by atoms with Crippen molar-refractivity contribution in [1.29, 1.82) is 0 Å². The van der Waals surface area contributed by atoms with E-state index in [0.717, 1.165) is 24.3 Å². The number of piperazine rings is 1. The molecule has 2 aliphatic heterocycles. The van der Waals surface area contributed by atoms with Crippen LogP contribution in [0.4, 0.5) is 5.69 Å². The number of carbonyl (C=O) groups excluding carboxylic acids is 1. The second-order valence-electron chi connectivity index (χ2n) is 6.46. The van der Waals surface area contributed by atoms with Gasteiger partial charge in [-0.1, -0.05) is 18.6 Å². The van der Waals surface area contributed by atoms with E-state index in [1.165, 1.54) is 25.8 Å². The van der Waals surface area contributed by atoms with Gasteiger partial charge < -0.3 is 10.6 Å². The molecule has 4 heteroatoms. The molecule has 2 saturated heterocycles. The number of fused-ring (bicyclic) bond motifs is 1. The van der Waals surface area contributed by atoms with E-state index in [4.69, 9.17) is 5.73 Å². The fourth-order valence-corrected chi connectivity index (χ4v) is 3.61. The smallest absolute Gasteiger partial charge is 0.227 e. The van der Waals surface area contributed by atoms with Crippen molar-refractivity contribution in [2.75, 3.05) is 25.4 Å². The van der Waals surface area contributed by atoms with Gasteiger partial charge in [0.25, 0.3) is 0 Å². The zero-order valence-corrected chi connectivity index (χ0v) is 12.8. The first-order valence-corrected chi connectivity index (χ1v) is 8.01. The van der Waals surface area contributed by atoms with Gasteiger partial charge in [-0.25, -0.2) is 0 Å². The SMILES string of the molecule is CC1CN2CCCCC2CN1C(=O)Cc1ccc(N)cc1. The Morgan fingerprint density at radius 3 is 2.76 bits per heavy atom. The van der Waals surface area contributed by atoms with Gasteiger partial charge in [0, 0.05) is 30.9 Å². The summed E-state index contributed by atoms with van der Waals surface area (Å²) in [5.41, 5.74) is 7.49. The minimum atomic E-state index is 0.248. The van der Waals surface area contributed by atoms with Crippen molar-refractivity contribution < 1.29 is 4.79 Å². The number of benzene rings is 1. The Morgan fingerprint density at radius 2 is 2.00 bits per heavy atom. The van der Waals surface area contributed by atoms with Crippen molar-refractivity contribution in [3.05, 3.63) is 29.8 Å². The summed E-state index contributed by atoms with van der Waals surface area (Å²) in [6.45, 7) is 5.30. The molecule has 1 amide bonds. The van der Waals surface area contributed by atoms with Gasteiger partial charge in [0.2, 0.25) is 5.91 Å². The molecule has 2 fully saturated rings. The van der Waals surface area contributed by atoms with Gasteiger partial charge in [-0.2, -0.15) is 0 Å². The number of nitrogens with zero attached hydrogens (tertiary/aromatic N) is 2. The number of anilines is 1. The van der Waals surface area contributed by atoms with E-state index in [-0.39, 0.29) is 5.91 Å². The summed E-state index contributed by atoms with van der Waals surface area (Å²) < 4.78 is 0. The van der Waals surface area contributed by atoms with Crippen LogP contribution >= 0.6 is 0 Å². The standard InChI is InChI=1S/C17H25N3O/c1-13-11-19-9-3-2-4-16(19)12-20(13)17(21)10-14-5-7-15(18)8-6-14/h5-8,13,16H,2-4,9-12,18H2,1H3. The summed E-state index contributed by atoms with van der Waals surface area (Å²) >= 11 is 0. The molecule has 3 rings (SSSR count). The molecular formula is C17H25N3O. The van der Waals surface area contributed by atoms with Crippen LogP contribution < -0.4 is 5.73 Å². The maximum absolute atomic E-state index is 12.6. The van der Waals surface area contributed by atoms with Gasteiger partial charge in [-0.15, -0.1) is 0 Å². The summed E-state index contributed by atoms with van der Waals surface area (Å²) in [4.78, 5) is 17.3. The van der Waals surface area contributed by atoms with Crippen molar-refractivity contribution in [3.8, 4) is 0 Å². The summed E-state index contributed by atoms with van der Waals surface area (Å²) in [7, 11) is 0. The molecule has 1 aromatic rings. The molecule has 114 valence electrons. The van der Waals surface area contributed by atoms with Gasteiger partial charge in [-0.05, 0) is 44.0 Å². The van der Waals surface area contributed by atoms with E-state index in [1.54, 1.807) is 0 Å². The predicted octanol–water partition coefficient (Wildman–Crippen LogP) is 1.90. The van der Waals surface area contributed by atoms with Gasteiger partial charge in [-0.3, -0.25) is 9.69 Å². The second kappa shape index (κ2) is 6.06. The molecular weight excluding hydrogens is 262 g/mol. The number of hydrogen-bond donors (Lipinski definition) is 1. The lowest BCUT2D eigenvalue weighted by molar-refractivity contribution is -0.137. The van der Waals surface area contributed by atoms with Crippen LogP contribution in [-0.2, 0) is 11.2 Å². The van der Waals surface area contributed by atoms with Crippen molar-refractivity contribution in [2.45, 2.75) is 44.7 Å². The topological polar surface area (TPSA) is 49.6 Å². The number of carbonyl (C=O) groups is 1. The van der Waals surface area contributed by atoms with Crippen LogP contribution in [0.2, 0.25) is 0 Å². The Kier molecular flexibility index (Phi) is 4.15. The molecule has 21 heavy (non-hydrogen) atoms. The van der Waals surface area contributed by atoms with Crippen molar-refractivity contribution >= 4 is 11.6 Å². The lowest BCUT2D eigenvalue weighted by atomic mass is 9.96. The van der Waals surface area contributed by atoms with Gasteiger partial charge in [0.15, 0.2) is 0 Å². The monoisotopic (exact) mass is 287 g/mol. The van der Waals surface area contributed by atoms with Crippen molar-refractivity contribution in [1.82, 2.24) is 9.80 Å².